The van der Waals surface area contributed by atoms with Gasteiger partial charge in [-0.3, -0.25) is 0 Å². The monoisotopic (exact) mass is 237 g/mol. The van der Waals surface area contributed by atoms with Gasteiger partial charge in [0.15, 0.2) is 0 Å². The number of para-hydroxylation sites is 1. The second kappa shape index (κ2) is 5.19. The van der Waals surface area contributed by atoms with Crippen LogP contribution in [0.15, 0.2) is 24.3 Å². The van der Waals surface area contributed by atoms with Crippen LogP contribution >= 0.6 is 0 Å². The topological polar surface area (TPSA) is 49.8 Å². The van der Waals surface area contributed by atoms with Gasteiger partial charge in [0, 0.05) is 5.54 Å². The summed E-state index contributed by atoms with van der Waals surface area (Å²) in [5.41, 5.74) is 0.0491. The Morgan fingerprint density at radius 1 is 1.35 bits per heavy atom. The number of carboxylic acids is 1. The molecule has 1 rings (SSSR count). The first-order valence-electron chi connectivity index (χ1n) is 5.47. The van der Waals surface area contributed by atoms with Crippen LogP contribution in [0.25, 0.3) is 0 Å². The molecule has 1 aromatic carbocycles. The van der Waals surface area contributed by atoms with Gasteiger partial charge in [0.1, 0.15) is 17.9 Å². The fourth-order valence-corrected chi connectivity index (χ4v) is 1.15. The number of hydrogen-bond donors (Lipinski definition) is 1. The van der Waals surface area contributed by atoms with Crippen molar-refractivity contribution in [2.75, 3.05) is 20.7 Å². The van der Waals surface area contributed by atoms with E-state index in [2.05, 4.69) is 0 Å². The molecule has 1 N–H and O–H groups in total. The molecule has 1 aromatic rings. The summed E-state index contributed by atoms with van der Waals surface area (Å²) in [4.78, 5) is 13.0. The molecule has 4 nitrogen and oxygen atoms in total. The van der Waals surface area contributed by atoms with E-state index >= 15 is 0 Å². The van der Waals surface area contributed by atoms with Gasteiger partial charge in [0.05, 0.1) is 0 Å². The summed E-state index contributed by atoms with van der Waals surface area (Å²) in [6.45, 7) is 4.51. The molecule has 0 aliphatic carbocycles. The van der Waals surface area contributed by atoms with E-state index in [1.54, 1.807) is 24.3 Å². The van der Waals surface area contributed by atoms with Gasteiger partial charge in [-0.05, 0) is 40.1 Å². The summed E-state index contributed by atoms with van der Waals surface area (Å²) in [7, 11) is 3.93. The molecule has 0 unspecified atom stereocenters. The van der Waals surface area contributed by atoms with Crippen molar-refractivity contribution in [1.29, 1.82) is 0 Å². The molecule has 0 heterocycles. The van der Waals surface area contributed by atoms with Crippen molar-refractivity contribution >= 4 is 5.97 Å². The van der Waals surface area contributed by atoms with Gasteiger partial charge in [0.2, 0.25) is 0 Å². The number of hydrogen-bond acceptors (Lipinski definition) is 3. The van der Waals surface area contributed by atoms with Gasteiger partial charge in [0.25, 0.3) is 0 Å². The van der Waals surface area contributed by atoms with E-state index in [1.165, 1.54) is 0 Å². The summed E-state index contributed by atoms with van der Waals surface area (Å²) in [6.07, 6.45) is 0. The number of benzene rings is 1. The Labute approximate surface area is 102 Å². The maximum atomic E-state index is 11.0. The van der Waals surface area contributed by atoms with Gasteiger partial charge in [-0.1, -0.05) is 12.1 Å². The molecule has 0 aromatic heterocycles. The van der Waals surface area contributed by atoms with Crippen LogP contribution in [-0.2, 0) is 0 Å². The van der Waals surface area contributed by atoms with E-state index in [0.29, 0.717) is 12.4 Å². The summed E-state index contributed by atoms with van der Waals surface area (Å²) in [6, 6.07) is 6.67. The van der Waals surface area contributed by atoms with Crippen molar-refractivity contribution in [2.24, 2.45) is 0 Å². The second-order valence-electron chi connectivity index (χ2n) is 4.80. The van der Waals surface area contributed by atoms with Gasteiger partial charge in [-0.15, -0.1) is 0 Å². The number of carbonyl (C=O) groups is 1. The molecule has 0 fully saturated rings. The predicted molar refractivity (Wildman–Crippen MR) is 66.7 cm³/mol. The predicted octanol–water partition coefficient (Wildman–Crippen LogP) is 2.10. The van der Waals surface area contributed by atoms with Crippen LogP contribution in [0.2, 0.25) is 0 Å². The standard InChI is InChI=1S/C13H19NO3/c1-13(2,14(3)4)9-17-11-8-6-5-7-10(11)12(15)16/h5-8H,9H2,1-4H3,(H,15,16). The van der Waals surface area contributed by atoms with E-state index in [-0.39, 0.29) is 11.1 Å². The van der Waals surface area contributed by atoms with Crippen LogP contribution in [0.5, 0.6) is 5.75 Å². The first-order valence-corrected chi connectivity index (χ1v) is 5.47. The highest BCUT2D eigenvalue weighted by Crippen LogP contribution is 2.20. The van der Waals surface area contributed by atoms with Crippen LogP contribution < -0.4 is 4.74 Å². The zero-order valence-corrected chi connectivity index (χ0v) is 10.7. The molecular weight excluding hydrogens is 218 g/mol. The molecule has 4 heteroatoms. The Balaban J connectivity index is 2.79. The molecular formula is C13H19NO3. The molecule has 0 aliphatic heterocycles. The molecule has 0 amide bonds. The Morgan fingerprint density at radius 2 is 1.94 bits per heavy atom. The quantitative estimate of drug-likeness (QED) is 0.852. The van der Waals surface area contributed by atoms with Crippen molar-refractivity contribution in [2.45, 2.75) is 19.4 Å². The van der Waals surface area contributed by atoms with Crippen molar-refractivity contribution in [3.8, 4) is 5.75 Å². The molecule has 0 spiro atoms. The lowest BCUT2D eigenvalue weighted by Gasteiger charge is -2.32. The summed E-state index contributed by atoms with van der Waals surface area (Å²) in [5, 5.41) is 9.01. The average Bonchev–Trinajstić information content (AvgIpc) is 2.26. The van der Waals surface area contributed by atoms with E-state index in [9.17, 15) is 4.79 Å². The lowest BCUT2D eigenvalue weighted by atomic mass is 10.1. The molecule has 0 atom stereocenters. The highest BCUT2D eigenvalue weighted by Gasteiger charge is 2.22. The highest BCUT2D eigenvalue weighted by molar-refractivity contribution is 5.90. The number of carboxylic acid groups (broad SMARTS) is 1. The summed E-state index contributed by atoms with van der Waals surface area (Å²) < 4.78 is 5.60. The van der Waals surface area contributed by atoms with Gasteiger partial charge < -0.3 is 14.7 Å². The molecule has 0 bridgehead atoms. The number of rotatable bonds is 5. The summed E-state index contributed by atoms with van der Waals surface area (Å²) in [5.74, 6) is -0.557. The Hall–Kier alpha value is -1.55. The first-order chi connectivity index (χ1) is 7.84. The maximum absolute atomic E-state index is 11.0. The maximum Gasteiger partial charge on any atom is 0.339 e. The smallest absolute Gasteiger partial charge is 0.339 e. The number of aromatic carboxylic acids is 1. The van der Waals surface area contributed by atoms with Crippen molar-refractivity contribution in [3.63, 3.8) is 0 Å². The third-order valence-corrected chi connectivity index (χ3v) is 2.91. The van der Waals surface area contributed by atoms with Crippen LogP contribution in [0.3, 0.4) is 0 Å². The Kier molecular flexibility index (Phi) is 4.12. The molecule has 0 aliphatic rings. The van der Waals surface area contributed by atoms with E-state index < -0.39 is 5.97 Å². The zero-order chi connectivity index (χ0) is 13.1. The van der Waals surface area contributed by atoms with Crippen LogP contribution in [0.4, 0.5) is 0 Å². The normalized spacial score (nSPS) is 11.6. The van der Waals surface area contributed by atoms with Crippen molar-refractivity contribution < 1.29 is 14.6 Å². The third kappa shape index (κ3) is 3.46. The average molecular weight is 237 g/mol. The van der Waals surface area contributed by atoms with Crippen molar-refractivity contribution in [3.05, 3.63) is 29.8 Å². The SMILES string of the molecule is CN(C)C(C)(C)COc1ccccc1C(=O)O. The highest BCUT2D eigenvalue weighted by atomic mass is 16.5. The molecule has 0 saturated heterocycles. The molecule has 0 radical (unpaired) electrons. The van der Waals surface area contributed by atoms with E-state index in [1.807, 2.05) is 32.8 Å². The minimum Gasteiger partial charge on any atom is -0.491 e. The van der Waals surface area contributed by atoms with Gasteiger partial charge in [-0.2, -0.15) is 0 Å². The number of likely N-dealkylation sites (N-methyl/N-ethyl adjacent to an activating group) is 1. The minimum absolute atomic E-state index is 0.147. The first kappa shape index (κ1) is 13.5. The Bertz CT molecular complexity index is 399. The van der Waals surface area contributed by atoms with Gasteiger partial charge in [-0.25, -0.2) is 4.79 Å². The third-order valence-electron chi connectivity index (χ3n) is 2.91. The number of ether oxygens (including phenoxy) is 1. The van der Waals surface area contributed by atoms with Crippen LogP contribution in [0.1, 0.15) is 24.2 Å². The van der Waals surface area contributed by atoms with Crippen molar-refractivity contribution in [1.82, 2.24) is 4.90 Å². The molecule has 94 valence electrons. The zero-order valence-electron chi connectivity index (χ0n) is 10.7. The summed E-state index contributed by atoms with van der Waals surface area (Å²) >= 11 is 0. The van der Waals surface area contributed by atoms with Crippen LogP contribution in [-0.4, -0.2) is 42.2 Å². The number of nitrogens with zero attached hydrogens (tertiary/aromatic N) is 1. The second-order valence-corrected chi connectivity index (χ2v) is 4.80. The van der Waals surface area contributed by atoms with E-state index in [0.717, 1.165) is 0 Å². The molecule has 17 heavy (non-hydrogen) atoms. The fraction of sp³-hybridized carbons (Fsp3) is 0.462. The fourth-order valence-electron chi connectivity index (χ4n) is 1.15. The largest absolute Gasteiger partial charge is 0.491 e. The van der Waals surface area contributed by atoms with Gasteiger partial charge >= 0.3 is 5.97 Å². The molecule has 0 saturated carbocycles. The van der Waals surface area contributed by atoms with E-state index in [4.69, 9.17) is 9.84 Å². The minimum atomic E-state index is -0.969. The van der Waals surface area contributed by atoms with Crippen LogP contribution in [0, 0.1) is 0 Å². The Morgan fingerprint density at radius 3 is 2.47 bits per heavy atom. The lowest BCUT2D eigenvalue weighted by molar-refractivity contribution is 0.0684. The lowest BCUT2D eigenvalue weighted by Crippen LogP contribution is -2.43.